The number of benzene rings is 3. The Balaban J connectivity index is 1.76. The molecule has 160 valence electrons. The summed E-state index contributed by atoms with van der Waals surface area (Å²) in [7, 11) is 0. The van der Waals surface area contributed by atoms with Crippen LogP contribution < -0.4 is 15.5 Å². The molecule has 0 radical (unpaired) electrons. The molecule has 0 spiro atoms. The summed E-state index contributed by atoms with van der Waals surface area (Å²) in [4.78, 5) is 38.3. The summed E-state index contributed by atoms with van der Waals surface area (Å²) >= 11 is 0. The van der Waals surface area contributed by atoms with Crippen molar-refractivity contribution in [3.8, 4) is 0 Å². The number of amides is 3. The summed E-state index contributed by atoms with van der Waals surface area (Å²) < 4.78 is 28.2. The molecule has 0 aliphatic carbocycles. The fourth-order valence-electron chi connectivity index (χ4n) is 3.38. The van der Waals surface area contributed by atoms with Gasteiger partial charge in [-0.1, -0.05) is 30.3 Å². The lowest BCUT2D eigenvalue weighted by Gasteiger charge is -2.16. The number of anilines is 3. The van der Waals surface area contributed by atoms with Crippen molar-refractivity contribution < 1.29 is 23.2 Å². The van der Waals surface area contributed by atoms with Crippen molar-refractivity contribution in [1.29, 1.82) is 0 Å². The molecule has 3 amide bonds. The third kappa shape index (κ3) is 3.98. The maximum Gasteiger partial charge on any atom is 0.282 e. The molecule has 1 aliphatic rings. The van der Waals surface area contributed by atoms with Crippen molar-refractivity contribution in [3.63, 3.8) is 0 Å². The highest BCUT2D eigenvalue weighted by Crippen LogP contribution is 2.35. The summed E-state index contributed by atoms with van der Waals surface area (Å²) in [5.41, 5.74) is 0.957. The summed E-state index contributed by atoms with van der Waals surface area (Å²) in [6.45, 7) is 1.38. The van der Waals surface area contributed by atoms with Gasteiger partial charge in [-0.3, -0.25) is 14.4 Å². The quantitative estimate of drug-likeness (QED) is 0.588. The fraction of sp³-hybridized carbons (Fsp3) is 0.0417. The standard InChI is InChI=1S/C24H17F2N3O3/c1-14(30)27-17-8-10-18(11-9-17)28-22-21(15-5-3-2-4-6-15)23(31)29(24(22)32)20-13-16(25)7-12-19(20)26/h2-13,28H,1H3,(H,27,30). The Kier molecular flexibility index (Phi) is 5.51. The van der Waals surface area contributed by atoms with E-state index in [4.69, 9.17) is 0 Å². The van der Waals surface area contributed by atoms with Crippen molar-refractivity contribution in [3.05, 3.63) is 95.7 Å². The average Bonchev–Trinajstić information content (AvgIpc) is 3.01. The van der Waals surface area contributed by atoms with Crippen LogP contribution in [-0.4, -0.2) is 17.7 Å². The summed E-state index contributed by atoms with van der Waals surface area (Å²) in [5.74, 6) is -3.50. The van der Waals surface area contributed by atoms with Gasteiger partial charge in [-0.25, -0.2) is 13.7 Å². The number of rotatable bonds is 5. The molecular formula is C24H17F2N3O3. The largest absolute Gasteiger partial charge is 0.350 e. The van der Waals surface area contributed by atoms with Crippen LogP contribution in [0.25, 0.3) is 5.57 Å². The maximum absolute atomic E-state index is 14.4. The Labute approximate surface area is 182 Å². The van der Waals surface area contributed by atoms with Crippen LogP contribution in [0.4, 0.5) is 25.8 Å². The summed E-state index contributed by atoms with van der Waals surface area (Å²) in [6.07, 6.45) is 0. The summed E-state index contributed by atoms with van der Waals surface area (Å²) in [6, 6.07) is 17.5. The van der Waals surface area contributed by atoms with E-state index in [0.29, 0.717) is 21.8 Å². The lowest BCUT2D eigenvalue weighted by atomic mass is 10.0. The van der Waals surface area contributed by atoms with Gasteiger partial charge in [0, 0.05) is 24.4 Å². The normalized spacial score (nSPS) is 13.5. The molecule has 0 saturated heterocycles. The van der Waals surface area contributed by atoms with E-state index < -0.39 is 29.1 Å². The van der Waals surface area contributed by atoms with Crippen molar-refractivity contribution >= 4 is 40.4 Å². The van der Waals surface area contributed by atoms with Crippen LogP contribution in [0.3, 0.4) is 0 Å². The molecule has 0 unspecified atom stereocenters. The van der Waals surface area contributed by atoms with Crippen LogP contribution >= 0.6 is 0 Å². The zero-order valence-electron chi connectivity index (χ0n) is 16.9. The Hall–Kier alpha value is -4.33. The molecule has 1 heterocycles. The van der Waals surface area contributed by atoms with Crippen LogP contribution in [-0.2, 0) is 14.4 Å². The number of hydrogen-bond donors (Lipinski definition) is 2. The second-order valence-corrected chi connectivity index (χ2v) is 7.04. The van der Waals surface area contributed by atoms with E-state index in [1.807, 2.05) is 0 Å². The molecule has 2 N–H and O–H groups in total. The molecule has 4 rings (SSSR count). The van der Waals surface area contributed by atoms with Crippen LogP contribution in [0.1, 0.15) is 12.5 Å². The third-order valence-corrected chi connectivity index (χ3v) is 4.77. The van der Waals surface area contributed by atoms with E-state index in [0.717, 1.165) is 18.2 Å². The van der Waals surface area contributed by atoms with E-state index >= 15 is 0 Å². The Morgan fingerprint density at radius 3 is 2.16 bits per heavy atom. The molecule has 0 atom stereocenters. The Bertz CT molecular complexity index is 1260. The van der Waals surface area contributed by atoms with E-state index in [1.54, 1.807) is 54.6 Å². The zero-order chi connectivity index (χ0) is 22.8. The molecule has 1 aliphatic heterocycles. The molecule has 32 heavy (non-hydrogen) atoms. The molecule has 6 nitrogen and oxygen atoms in total. The number of halogens is 2. The van der Waals surface area contributed by atoms with Gasteiger partial charge in [0.05, 0.1) is 11.3 Å². The van der Waals surface area contributed by atoms with Crippen LogP contribution in [0.2, 0.25) is 0 Å². The smallest absolute Gasteiger partial charge is 0.282 e. The van der Waals surface area contributed by atoms with Crippen molar-refractivity contribution in [1.82, 2.24) is 0 Å². The average molecular weight is 433 g/mol. The predicted octanol–water partition coefficient (Wildman–Crippen LogP) is 4.32. The topological polar surface area (TPSA) is 78.5 Å². The molecule has 3 aromatic rings. The van der Waals surface area contributed by atoms with Crippen LogP contribution in [0, 0.1) is 11.6 Å². The lowest BCUT2D eigenvalue weighted by Crippen LogP contribution is -2.33. The van der Waals surface area contributed by atoms with Gasteiger partial charge < -0.3 is 10.6 Å². The summed E-state index contributed by atoms with van der Waals surface area (Å²) in [5, 5.41) is 5.55. The van der Waals surface area contributed by atoms with E-state index in [2.05, 4.69) is 10.6 Å². The molecule has 0 saturated carbocycles. The highest BCUT2D eigenvalue weighted by molar-refractivity contribution is 6.46. The molecule has 0 aromatic heterocycles. The number of carbonyl (C=O) groups is 3. The van der Waals surface area contributed by atoms with E-state index in [1.165, 1.54) is 6.92 Å². The van der Waals surface area contributed by atoms with Crippen molar-refractivity contribution in [2.24, 2.45) is 0 Å². The minimum absolute atomic E-state index is 0.0326. The first-order valence-electron chi connectivity index (χ1n) is 9.63. The monoisotopic (exact) mass is 433 g/mol. The molecule has 0 bridgehead atoms. The molecular weight excluding hydrogens is 416 g/mol. The van der Waals surface area contributed by atoms with Crippen molar-refractivity contribution in [2.45, 2.75) is 6.92 Å². The van der Waals surface area contributed by atoms with Gasteiger partial charge in [0.2, 0.25) is 5.91 Å². The molecule has 8 heteroatoms. The number of carbonyl (C=O) groups excluding carboxylic acids is 3. The highest BCUT2D eigenvalue weighted by Gasteiger charge is 2.41. The van der Waals surface area contributed by atoms with Gasteiger partial charge in [0.25, 0.3) is 11.8 Å². The van der Waals surface area contributed by atoms with Gasteiger partial charge >= 0.3 is 0 Å². The van der Waals surface area contributed by atoms with Gasteiger partial charge in [-0.2, -0.15) is 0 Å². The number of imide groups is 1. The van der Waals surface area contributed by atoms with E-state index in [9.17, 15) is 23.2 Å². The van der Waals surface area contributed by atoms with Gasteiger partial charge in [0.15, 0.2) is 0 Å². The first-order chi connectivity index (χ1) is 15.3. The fourth-order valence-corrected chi connectivity index (χ4v) is 3.38. The SMILES string of the molecule is CC(=O)Nc1ccc(NC2=C(c3ccccc3)C(=O)N(c3cc(F)ccc3F)C2=O)cc1. The van der Waals surface area contributed by atoms with Gasteiger partial charge in [-0.05, 0) is 42.0 Å². The minimum atomic E-state index is -0.901. The Morgan fingerprint density at radius 2 is 1.50 bits per heavy atom. The predicted molar refractivity (Wildman–Crippen MR) is 117 cm³/mol. The minimum Gasteiger partial charge on any atom is -0.350 e. The van der Waals surface area contributed by atoms with Gasteiger partial charge in [-0.15, -0.1) is 0 Å². The second-order valence-electron chi connectivity index (χ2n) is 7.04. The van der Waals surface area contributed by atoms with Crippen molar-refractivity contribution in [2.75, 3.05) is 15.5 Å². The number of nitrogens with one attached hydrogen (secondary N) is 2. The second kappa shape index (κ2) is 8.43. The Morgan fingerprint density at radius 1 is 0.844 bits per heavy atom. The first-order valence-corrected chi connectivity index (χ1v) is 9.63. The lowest BCUT2D eigenvalue weighted by molar-refractivity contribution is -0.120. The highest BCUT2D eigenvalue weighted by atomic mass is 19.1. The zero-order valence-corrected chi connectivity index (χ0v) is 16.9. The third-order valence-electron chi connectivity index (χ3n) is 4.77. The molecule has 3 aromatic carbocycles. The van der Waals surface area contributed by atoms with Crippen LogP contribution in [0.5, 0.6) is 0 Å². The van der Waals surface area contributed by atoms with E-state index in [-0.39, 0.29) is 17.2 Å². The number of nitrogens with zero attached hydrogens (tertiary/aromatic N) is 1. The first kappa shape index (κ1) is 20.9. The van der Waals surface area contributed by atoms with Gasteiger partial charge in [0.1, 0.15) is 17.3 Å². The maximum atomic E-state index is 14.4. The molecule has 0 fully saturated rings. The van der Waals surface area contributed by atoms with Crippen LogP contribution in [0.15, 0.2) is 78.5 Å². The number of hydrogen-bond acceptors (Lipinski definition) is 4.